The zero-order valence-corrected chi connectivity index (χ0v) is 12.2. The summed E-state index contributed by atoms with van der Waals surface area (Å²) in [6, 6.07) is 0.664. The lowest BCUT2D eigenvalue weighted by Crippen LogP contribution is -2.43. The van der Waals surface area contributed by atoms with Gasteiger partial charge < -0.3 is 20.1 Å². The fourth-order valence-electron chi connectivity index (χ4n) is 2.76. The number of aliphatic hydroxyl groups excluding tert-OH is 1. The van der Waals surface area contributed by atoms with E-state index in [-0.39, 0.29) is 12.6 Å². The van der Waals surface area contributed by atoms with Crippen molar-refractivity contribution in [3.8, 4) is 0 Å². The average molecular weight is 258 g/mol. The lowest BCUT2D eigenvalue weighted by Gasteiger charge is -2.33. The minimum absolute atomic E-state index is 0.229. The molecule has 1 aliphatic rings. The molecule has 2 N–H and O–H groups in total. The summed E-state index contributed by atoms with van der Waals surface area (Å²) in [6.07, 6.45) is 3.59. The Morgan fingerprint density at radius 3 is 2.83 bits per heavy atom. The van der Waals surface area contributed by atoms with Gasteiger partial charge in [-0.15, -0.1) is 0 Å². The summed E-state index contributed by atoms with van der Waals surface area (Å²) in [4.78, 5) is 2.51. The van der Waals surface area contributed by atoms with Crippen LogP contribution in [-0.4, -0.2) is 62.0 Å². The minimum atomic E-state index is 0.229. The third kappa shape index (κ3) is 6.14. The van der Waals surface area contributed by atoms with Gasteiger partial charge in [0.05, 0.1) is 13.2 Å². The van der Waals surface area contributed by atoms with Crippen LogP contribution in [0.15, 0.2) is 0 Å². The molecule has 2 unspecified atom stereocenters. The molecule has 1 aliphatic heterocycles. The number of likely N-dealkylation sites (tertiary alicyclic amines) is 1. The number of aliphatic hydroxyl groups is 1. The summed E-state index contributed by atoms with van der Waals surface area (Å²) in [7, 11) is 1.79. The quantitative estimate of drug-likeness (QED) is 0.684. The van der Waals surface area contributed by atoms with Crippen LogP contribution in [0.3, 0.4) is 0 Å². The van der Waals surface area contributed by atoms with Crippen molar-refractivity contribution in [2.45, 2.75) is 45.2 Å². The lowest BCUT2D eigenvalue weighted by atomic mass is 9.98. The summed E-state index contributed by atoms with van der Waals surface area (Å²) in [5, 5.41) is 12.7. The predicted octanol–water partition coefficient (Wildman–Crippen LogP) is 1.09. The van der Waals surface area contributed by atoms with Gasteiger partial charge >= 0.3 is 0 Å². The van der Waals surface area contributed by atoms with Gasteiger partial charge in [0.1, 0.15) is 0 Å². The van der Waals surface area contributed by atoms with Crippen LogP contribution in [0.1, 0.15) is 33.1 Å². The van der Waals surface area contributed by atoms with Gasteiger partial charge in [0.2, 0.25) is 0 Å². The molecule has 0 aromatic rings. The zero-order valence-electron chi connectivity index (χ0n) is 12.2. The number of piperidine rings is 1. The van der Waals surface area contributed by atoms with Crippen LogP contribution in [0.5, 0.6) is 0 Å². The molecule has 0 saturated carbocycles. The van der Waals surface area contributed by atoms with Crippen LogP contribution in [0.4, 0.5) is 0 Å². The van der Waals surface area contributed by atoms with Crippen LogP contribution >= 0.6 is 0 Å². The molecule has 1 saturated heterocycles. The third-order valence-corrected chi connectivity index (χ3v) is 3.59. The van der Waals surface area contributed by atoms with E-state index >= 15 is 0 Å². The SMILES string of the molecule is COCC1CCCN(CCC(CO)NC(C)C)C1. The Bertz CT molecular complexity index is 210. The molecule has 1 rings (SSSR count). The fourth-order valence-corrected chi connectivity index (χ4v) is 2.76. The second-order valence-corrected chi connectivity index (χ2v) is 5.75. The Morgan fingerprint density at radius 2 is 2.22 bits per heavy atom. The van der Waals surface area contributed by atoms with E-state index in [0.717, 1.165) is 26.1 Å². The summed E-state index contributed by atoms with van der Waals surface area (Å²) in [5.74, 6) is 0.689. The maximum absolute atomic E-state index is 9.34. The summed E-state index contributed by atoms with van der Waals surface area (Å²) < 4.78 is 5.25. The Hall–Kier alpha value is -0.160. The van der Waals surface area contributed by atoms with Crippen LogP contribution in [0.2, 0.25) is 0 Å². The first-order valence-electron chi connectivity index (χ1n) is 7.24. The molecule has 4 nitrogen and oxygen atoms in total. The van der Waals surface area contributed by atoms with Gasteiger partial charge in [-0.2, -0.15) is 0 Å². The molecule has 108 valence electrons. The van der Waals surface area contributed by atoms with Gasteiger partial charge in [-0.1, -0.05) is 13.8 Å². The summed E-state index contributed by atoms with van der Waals surface area (Å²) in [6.45, 7) is 8.77. The number of methoxy groups -OCH3 is 1. The summed E-state index contributed by atoms with van der Waals surface area (Å²) in [5.41, 5.74) is 0. The highest BCUT2D eigenvalue weighted by molar-refractivity contribution is 4.76. The van der Waals surface area contributed by atoms with Crippen molar-refractivity contribution in [3.05, 3.63) is 0 Å². The standard InChI is InChI=1S/C14H30N2O2/c1-12(2)15-14(10-17)6-8-16-7-4-5-13(9-16)11-18-3/h12-15,17H,4-11H2,1-3H3. The Kier molecular flexibility index (Phi) is 7.82. The van der Waals surface area contributed by atoms with Gasteiger partial charge in [0, 0.05) is 25.7 Å². The predicted molar refractivity (Wildman–Crippen MR) is 74.8 cm³/mol. The highest BCUT2D eigenvalue weighted by atomic mass is 16.5. The van der Waals surface area contributed by atoms with E-state index in [1.807, 2.05) is 0 Å². The molecule has 0 amide bonds. The molecule has 0 aromatic carbocycles. The van der Waals surface area contributed by atoms with E-state index < -0.39 is 0 Å². The smallest absolute Gasteiger partial charge is 0.0585 e. The van der Waals surface area contributed by atoms with E-state index in [4.69, 9.17) is 4.74 Å². The topological polar surface area (TPSA) is 44.7 Å². The maximum Gasteiger partial charge on any atom is 0.0585 e. The van der Waals surface area contributed by atoms with E-state index in [1.165, 1.54) is 19.4 Å². The largest absolute Gasteiger partial charge is 0.395 e. The molecule has 1 fully saturated rings. The van der Waals surface area contributed by atoms with Gasteiger partial charge in [-0.3, -0.25) is 0 Å². The number of nitrogens with one attached hydrogen (secondary N) is 1. The average Bonchev–Trinajstić information content (AvgIpc) is 2.35. The normalized spacial score (nSPS) is 23.5. The van der Waals surface area contributed by atoms with Crippen molar-refractivity contribution in [1.29, 1.82) is 0 Å². The third-order valence-electron chi connectivity index (χ3n) is 3.59. The highest BCUT2D eigenvalue weighted by Gasteiger charge is 2.20. The highest BCUT2D eigenvalue weighted by Crippen LogP contribution is 2.17. The van der Waals surface area contributed by atoms with E-state index in [1.54, 1.807) is 7.11 Å². The van der Waals surface area contributed by atoms with Crippen LogP contribution in [-0.2, 0) is 4.74 Å². The molecule has 4 heteroatoms. The van der Waals surface area contributed by atoms with E-state index in [2.05, 4.69) is 24.1 Å². The van der Waals surface area contributed by atoms with Crippen molar-refractivity contribution < 1.29 is 9.84 Å². The monoisotopic (exact) mass is 258 g/mol. The second-order valence-electron chi connectivity index (χ2n) is 5.75. The minimum Gasteiger partial charge on any atom is -0.395 e. The number of ether oxygens (including phenoxy) is 1. The number of rotatable bonds is 8. The number of hydrogen-bond donors (Lipinski definition) is 2. The first kappa shape index (κ1) is 15.9. The van der Waals surface area contributed by atoms with E-state index in [0.29, 0.717) is 12.0 Å². The molecule has 0 radical (unpaired) electrons. The fraction of sp³-hybridized carbons (Fsp3) is 1.00. The van der Waals surface area contributed by atoms with Crippen LogP contribution in [0.25, 0.3) is 0 Å². The maximum atomic E-state index is 9.34. The molecule has 2 atom stereocenters. The van der Waals surface area contributed by atoms with Crippen molar-refractivity contribution >= 4 is 0 Å². The molecule has 0 aromatic heterocycles. The Morgan fingerprint density at radius 1 is 1.44 bits per heavy atom. The molecule has 0 spiro atoms. The van der Waals surface area contributed by atoms with Crippen molar-refractivity contribution in [2.75, 3.05) is 40.0 Å². The van der Waals surface area contributed by atoms with Gasteiger partial charge in [-0.05, 0) is 38.3 Å². The molecule has 1 heterocycles. The van der Waals surface area contributed by atoms with Crippen molar-refractivity contribution in [2.24, 2.45) is 5.92 Å². The van der Waals surface area contributed by atoms with Crippen molar-refractivity contribution in [1.82, 2.24) is 10.2 Å². The molecule has 18 heavy (non-hydrogen) atoms. The van der Waals surface area contributed by atoms with Crippen LogP contribution in [0, 0.1) is 5.92 Å². The lowest BCUT2D eigenvalue weighted by molar-refractivity contribution is 0.0865. The van der Waals surface area contributed by atoms with Crippen LogP contribution < -0.4 is 5.32 Å². The van der Waals surface area contributed by atoms with Crippen molar-refractivity contribution in [3.63, 3.8) is 0 Å². The molecular formula is C14H30N2O2. The van der Waals surface area contributed by atoms with E-state index in [9.17, 15) is 5.11 Å². The van der Waals surface area contributed by atoms with Gasteiger partial charge in [0.15, 0.2) is 0 Å². The Labute approximate surface area is 112 Å². The second kappa shape index (κ2) is 8.86. The first-order valence-corrected chi connectivity index (χ1v) is 7.24. The summed E-state index contributed by atoms with van der Waals surface area (Å²) >= 11 is 0. The molecule has 0 aliphatic carbocycles. The van der Waals surface area contributed by atoms with Gasteiger partial charge in [0.25, 0.3) is 0 Å². The molecular weight excluding hydrogens is 228 g/mol. The van der Waals surface area contributed by atoms with Gasteiger partial charge in [-0.25, -0.2) is 0 Å². The molecule has 0 bridgehead atoms. The number of nitrogens with zero attached hydrogens (tertiary/aromatic N) is 1. The zero-order chi connectivity index (χ0) is 13.4. The number of hydrogen-bond acceptors (Lipinski definition) is 4. The first-order chi connectivity index (χ1) is 8.65. The Balaban J connectivity index is 2.24.